The van der Waals surface area contributed by atoms with Gasteiger partial charge in [-0.1, -0.05) is 19.8 Å². The predicted molar refractivity (Wildman–Crippen MR) is 136 cm³/mol. The molecule has 3 rings (SSSR count). The normalized spacial score (nSPS) is 16.3. The molecule has 1 aliphatic heterocycles. The molecule has 2 aromatic rings. The lowest BCUT2D eigenvalue weighted by Crippen LogP contribution is -2.48. The van der Waals surface area contributed by atoms with Gasteiger partial charge in [0.15, 0.2) is 0 Å². The standard InChI is InChI=1S/C27H35FN2O4S/c1-4-14-33-18-22(31)16-29(12-9-20(2)3)17-27(32)30-13-10-26-24(11-15-35-26)25(30)19-34-23-7-5-21(28)6-8-23/h1,5-8,11,15,20,22,25,31H,9-10,12-14,16-19H2,2-3H3/t22-,25+/m0/s1. The summed E-state index contributed by atoms with van der Waals surface area (Å²) in [6, 6.07) is 7.74. The van der Waals surface area contributed by atoms with Crippen LogP contribution < -0.4 is 4.74 Å². The Morgan fingerprint density at radius 2 is 2.11 bits per heavy atom. The minimum atomic E-state index is -0.731. The van der Waals surface area contributed by atoms with E-state index in [2.05, 4.69) is 25.8 Å². The summed E-state index contributed by atoms with van der Waals surface area (Å²) in [5, 5.41) is 12.5. The van der Waals surface area contributed by atoms with Gasteiger partial charge in [0.2, 0.25) is 5.91 Å². The van der Waals surface area contributed by atoms with Gasteiger partial charge in [-0.05, 0) is 66.6 Å². The lowest BCUT2D eigenvalue weighted by Gasteiger charge is -2.37. The first kappa shape index (κ1) is 27.2. The van der Waals surface area contributed by atoms with Gasteiger partial charge in [0, 0.05) is 18.0 Å². The van der Waals surface area contributed by atoms with Crippen LogP contribution in [0.25, 0.3) is 0 Å². The molecule has 1 aromatic heterocycles. The fraction of sp³-hybridized carbons (Fsp3) is 0.519. The van der Waals surface area contributed by atoms with Crippen LogP contribution in [-0.2, 0) is 16.0 Å². The molecule has 0 radical (unpaired) electrons. The van der Waals surface area contributed by atoms with Crippen molar-refractivity contribution >= 4 is 17.2 Å². The van der Waals surface area contributed by atoms with Gasteiger partial charge >= 0.3 is 0 Å². The highest BCUT2D eigenvalue weighted by Gasteiger charge is 2.33. The number of hydrogen-bond donors (Lipinski definition) is 1. The van der Waals surface area contributed by atoms with Gasteiger partial charge in [-0.25, -0.2) is 4.39 Å². The van der Waals surface area contributed by atoms with E-state index in [1.165, 1.54) is 17.0 Å². The number of carbonyl (C=O) groups excluding carboxylic acids is 1. The third-order valence-electron chi connectivity index (χ3n) is 5.98. The Bertz CT molecular complexity index is 972. The number of nitrogens with zero attached hydrogens (tertiary/aromatic N) is 2. The van der Waals surface area contributed by atoms with Gasteiger partial charge in [-0.3, -0.25) is 9.69 Å². The Kier molecular flexibility index (Phi) is 10.5. The Labute approximate surface area is 211 Å². The number of ether oxygens (including phenoxy) is 2. The predicted octanol–water partition coefficient (Wildman–Crippen LogP) is 3.75. The SMILES string of the molecule is C#CCOC[C@@H](O)CN(CCC(C)C)CC(=O)N1CCc2sccc2[C@H]1COc1ccc(F)cc1. The van der Waals surface area contributed by atoms with E-state index in [4.69, 9.17) is 15.9 Å². The Balaban J connectivity index is 1.68. The molecule has 0 unspecified atom stereocenters. The zero-order valence-corrected chi connectivity index (χ0v) is 21.3. The van der Waals surface area contributed by atoms with Crippen molar-refractivity contribution < 1.29 is 23.8 Å². The molecule has 0 fully saturated rings. The van der Waals surface area contributed by atoms with E-state index >= 15 is 0 Å². The van der Waals surface area contributed by atoms with Crippen LogP contribution in [0.3, 0.4) is 0 Å². The summed E-state index contributed by atoms with van der Waals surface area (Å²) in [5.41, 5.74) is 1.10. The average molecular weight is 503 g/mol. The fourth-order valence-corrected chi connectivity index (χ4v) is 5.07. The molecule has 1 amide bonds. The number of halogens is 1. The number of hydrogen-bond acceptors (Lipinski definition) is 6. The van der Waals surface area contributed by atoms with Crippen molar-refractivity contribution in [2.45, 2.75) is 38.8 Å². The van der Waals surface area contributed by atoms with E-state index in [-0.39, 0.29) is 44.1 Å². The van der Waals surface area contributed by atoms with Gasteiger partial charge in [0.1, 0.15) is 24.8 Å². The quantitative estimate of drug-likeness (QED) is 0.334. The molecule has 0 spiro atoms. The molecule has 35 heavy (non-hydrogen) atoms. The largest absolute Gasteiger partial charge is 0.491 e. The monoisotopic (exact) mass is 502 g/mol. The highest BCUT2D eigenvalue weighted by atomic mass is 32.1. The van der Waals surface area contributed by atoms with E-state index in [1.54, 1.807) is 23.5 Å². The maximum Gasteiger partial charge on any atom is 0.237 e. The minimum absolute atomic E-state index is 0.00458. The summed E-state index contributed by atoms with van der Waals surface area (Å²) in [4.78, 5) is 18.7. The Morgan fingerprint density at radius 1 is 1.34 bits per heavy atom. The van der Waals surface area contributed by atoms with Crippen molar-refractivity contribution in [3.63, 3.8) is 0 Å². The van der Waals surface area contributed by atoms with Crippen LogP contribution in [0.4, 0.5) is 4.39 Å². The van der Waals surface area contributed by atoms with Crippen LogP contribution in [0, 0.1) is 24.1 Å². The summed E-state index contributed by atoms with van der Waals surface area (Å²) in [6.07, 6.45) is 6.20. The Hall–Kier alpha value is -2.44. The summed E-state index contributed by atoms with van der Waals surface area (Å²) in [6.45, 7) is 6.68. The number of rotatable bonds is 13. The molecule has 0 aliphatic carbocycles. The van der Waals surface area contributed by atoms with E-state index in [9.17, 15) is 14.3 Å². The topological polar surface area (TPSA) is 62.2 Å². The second-order valence-corrected chi connectivity index (χ2v) is 10.2. The zero-order valence-electron chi connectivity index (χ0n) is 20.5. The first-order chi connectivity index (χ1) is 16.9. The van der Waals surface area contributed by atoms with Crippen molar-refractivity contribution in [2.75, 3.05) is 46.0 Å². The molecular weight excluding hydrogens is 467 g/mol. The highest BCUT2D eigenvalue weighted by molar-refractivity contribution is 7.10. The summed E-state index contributed by atoms with van der Waals surface area (Å²) >= 11 is 1.70. The van der Waals surface area contributed by atoms with Gasteiger partial charge in [0.05, 0.1) is 25.3 Å². The molecule has 190 valence electrons. The smallest absolute Gasteiger partial charge is 0.237 e. The molecule has 1 N–H and O–H groups in total. The maximum atomic E-state index is 13.5. The lowest BCUT2D eigenvalue weighted by molar-refractivity contribution is -0.136. The molecule has 0 bridgehead atoms. The summed E-state index contributed by atoms with van der Waals surface area (Å²) < 4.78 is 24.5. The molecule has 1 aromatic carbocycles. The van der Waals surface area contributed by atoms with Crippen molar-refractivity contribution in [1.82, 2.24) is 9.80 Å². The lowest BCUT2D eigenvalue weighted by atomic mass is 10.00. The molecule has 6 nitrogen and oxygen atoms in total. The molecule has 2 atom stereocenters. The van der Waals surface area contributed by atoms with Crippen LogP contribution in [0.2, 0.25) is 0 Å². The van der Waals surface area contributed by atoms with Crippen LogP contribution in [0.15, 0.2) is 35.7 Å². The zero-order chi connectivity index (χ0) is 25.2. The van der Waals surface area contributed by atoms with Crippen LogP contribution in [-0.4, -0.2) is 72.9 Å². The van der Waals surface area contributed by atoms with Gasteiger partial charge in [0.25, 0.3) is 0 Å². The van der Waals surface area contributed by atoms with E-state index in [1.807, 2.05) is 15.2 Å². The molecule has 0 saturated carbocycles. The number of benzene rings is 1. The average Bonchev–Trinajstić information content (AvgIpc) is 3.31. The number of aliphatic hydroxyl groups is 1. The van der Waals surface area contributed by atoms with Crippen molar-refractivity contribution in [1.29, 1.82) is 0 Å². The number of aliphatic hydroxyl groups excluding tert-OH is 1. The first-order valence-corrected chi connectivity index (χ1v) is 12.9. The van der Waals surface area contributed by atoms with Crippen molar-refractivity contribution in [3.05, 3.63) is 52.0 Å². The third-order valence-corrected chi connectivity index (χ3v) is 6.98. The number of thiophene rings is 1. The highest BCUT2D eigenvalue weighted by Crippen LogP contribution is 2.34. The number of fused-ring (bicyclic) bond motifs is 1. The molecule has 8 heteroatoms. The third kappa shape index (κ3) is 8.32. The maximum absolute atomic E-state index is 13.5. The van der Waals surface area contributed by atoms with E-state index in [0.29, 0.717) is 31.3 Å². The van der Waals surface area contributed by atoms with Gasteiger partial charge in [-0.15, -0.1) is 17.8 Å². The van der Waals surface area contributed by atoms with Crippen LogP contribution in [0.1, 0.15) is 36.8 Å². The Morgan fingerprint density at radius 3 is 2.83 bits per heavy atom. The molecule has 2 heterocycles. The van der Waals surface area contributed by atoms with Gasteiger partial charge in [-0.2, -0.15) is 0 Å². The van der Waals surface area contributed by atoms with Crippen molar-refractivity contribution in [2.24, 2.45) is 5.92 Å². The number of terminal acetylenes is 1. The second-order valence-electron chi connectivity index (χ2n) is 9.21. The number of amides is 1. The molecule has 0 saturated heterocycles. The summed E-state index contributed by atoms with van der Waals surface area (Å²) in [5.74, 6) is 3.11. The van der Waals surface area contributed by atoms with Crippen molar-refractivity contribution in [3.8, 4) is 18.1 Å². The number of carbonyl (C=O) groups is 1. The first-order valence-electron chi connectivity index (χ1n) is 12.0. The van der Waals surface area contributed by atoms with E-state index in [0.717, 1.165) is 18.4 Å². The van der Waals surface area contributed by atoms with Crippen LogP contribution in [0.5, 0.6) is 5.75 Å². The second kappa shape index (κ2) is 13.6. The fourth-order valence-electron chi connectivity index (χ4n) is 4.14. The molecular formula is C27H35FN2O4S. The minimum Gasteiger partial charge on any atom is -0.491 e. The molecule has 1 aliphatic rings. The van der Waals surface area contributed by atoms with Crippen LogP contribution >= 0.6 is 11.3 Å². The van der Waals surface area contributed by atoms with Gasteiger partial charge < -0.3 is 19.5 Å². The summed E-state index contributed by atoms with van der Waals surface area (Å²) in [7, 11) is 0. The van der Waals surface area contributed by atoms with E-state index < -0.39 is 6.10 Å².